The molecule has 1 aliphatic rings. The van der Waals surface area contributed by atoms with Crippen LogP contribution in [0.15, 0.2) is 0 Å². The lowest BCUT2D eigenvalue weighted by Crippen LogP contribution is -2.42. The highest BCUT2D eigenvalue weighted by atomic mass is 32.2. The molecular formula is C11H16N4O3S. The molecule has 2 heterocycles. The van der Waals surface area contributed by atoms with E-state index in [1.54, 1.807) is 0 Å². The number of amides is 1. The number of hydrogen-bond acceptors (Lipinski definition) is 5. The van der Waals surface area contributed by atoms with Gasteiger partial charge < -0.3 is 10.0 Å². The number of nitrogens with one attached hydrogen (secondary N) is 1. The zero-order valence-corrected chi connectivity index (χ0v) is 11.8. The van der Waals surface area contributed by atoms with E-state index < -0.39 is 17.9 Å². The third kappa shape index (κ3) is 2.73. The lowest BCUT2D eigenvalue weighted by Gasteiger charge is -2.18. The topological polar surface area (TPSA) is 99.2 Å². The SMILES string of the molecule is CC(C)(C)c1nc(C(=O)N2CSC[C@H]2C(=O)O)n[nH]1. The third-order valence-corrected chi connectivity index (χ3v) is 3.83. The zero-order chi connectivity index (χ0) is 14.2. The predicted molar refractivity (Wildman–Crippen MR) is 70.0 cm³/mol. The Balaban J connectivity index is 2.20. The molecule has 0 aromatic carbocycles. The van der Waals surface area contributed by atoms with Gasteiger partial charge in [-0.05, 0) is 0 Å². The van der Waals surface area contributed by atoms with Crippen molar-refractivity contribution in [2.75, 3.05) is 11.6 Å². The molecule has 1 aromatic rings. The van der Waals surface area contributed by atoms with Crippen LogP contribution in [0.3, 0.4) is 0 Å². The van der Waals surface area contributed by atoms with Crippen LogP contribution in [-0.2, 0) is 10.2 Å². The monoisotopic (exact) mass is 284 g/mol. The Morgan fingerprint density at radius 3 is 2.68 bits per heavy atom. The normalized spacial score (nSPS) is 19.7. The quantitative estimate of drug-likeness (QED) is 0.829. The van der Waals surface area contributed by atoms with Crippen LogP contribution in [0.2, 0.25) is 0 Å². The smallest absolute Gasteiger partial charge is 0.327 e. The van der Waals surface area contributed by atoms with Gasteiger partial charge in [0.25, 0.3) is 5.91 Å². The molecule has 8 heteroatoms. The van der Waals surface area contributed by atoms with Gasteiger partial charge in [-0.15, -0.1) is 16.9 Å². The van der Waals surface area contributed by atoms with E-state index >= 15 is 0 Å². The number of aromatic nitrogens is 3. The summed E-state index contributed by atoms with van der Waals surface area (Å²) in [6.07, 6.45) is 0. The minimum atomic E-state index is -0.995. The van der Waals surface area contributed by atoms with E-state index in [1.165, 1.54) is 16.7 Å². The predicted octanol–water partition coefficient (Wildman–Crippen LogP) is 0.702. The summed E-state index contributed by atoms with van der Waals surface area (Å²) in [4.78, 5) is 28.7. The van der Waals surface area contributed by atoms with Gasteiger partial charge in [0.2, 0.25) is 5.82 Å². The lowest BCUT2D eigenvalue weighted by molar-refractivity contribution is -0.140. The van der Waals surface area contributed by atoms with E-state index in [9.17, 15) is 9.59 Å². The van der Waals surface area contributed by atoms with Crippen LogP contribution in [0.4, 0.5) is 0 Å². The molecule has 1 saturated heterocycles. The van der Waals surface area contributed by atoms with Gasteiger partial charge in [-0.2, -0.15) is 0 Å². The molecule has 104 valence electrons. The Hall–Kier alpha value is -1.57. The Morgan fingerprint density at radius 1 is 1.47 bits per heavy atom. The summed E-state index contributed by atoms with van der Waals surface area (Å²) in [7, 11) is 0. The summed E-state index contributed by atoms with van der Waals surface area (Å²) in [5.41, 5.74) is -0.239. The van der Waals surface area contributed by atoms with Crippen molar-refractivity contribution in [3.8, 4) is 0 Å². The van der Waals surface area contributed by atoms with Gasteiger partial charge in [0.15, 0.2) is 0 Å². The Labute approximate surface area is 114 Å². The molecule has 19 heavy (non-hydrogen) atoms. The minimum absolute atomic E-state index is 0.0266. The summed E-state index contributed by atoms with van der Waals surface area (Å²) in [6.45, 7) is 5.86. The summed E-state index contributed by atoms with van der Waals surface area (Å²) in [6, 6.07) is -0.797. The number of H-pyrrole nitrogens is 1. The zero-order valence-electron chi connectivity index (χ0n) is 11.0. The third-order valence-electron chi connectivity index (χ3n) is 2.82. The molecule has 0 bridgehead atoms. The Bertz CT molecular complexity index is 508. The lowest BCUT2D eigenvalue weighted by atomic mass is 9.96. The van der Waals surface area contributed by atoms with Crippen LogP contribution in [0.5, 0.6) is 0 Å². The van der Waals surface area contributed by atoms with Crippen LogP contribution in [-0.4, -0.2) is 54.7 Å². The van der Waals surface area contributed by atoms with Gasteiger partial charge in [0.05, 0.1) is 5.88 Å². The second-order valence-corrected chi connectivity index (χ2v) is 6.39. The first kappa shape index (κ1) is 13.9. The summed E-state index contributed by atoms with van der Waals surface area (Å²) >= 11 is 1.41. The van der Waals surface area contributed by atoms with Crippen LogP contribution in [0, 0.1) is 0 Å². The highest BCUT2D eigenvalue weighted by Crippen LogP contribution is 2.23. The molecule has 1 aliphatic heterocycles. The maximum Gasteiger partial charge on any atom is 0.327 e. The molecule has 2 rings (SSSR count). The second-order valence-electron chi connectivity index (χ2n) is 5.39. The van der Waals surface area contributed by atoms with Crippen molar-refractivity contribution in [3.05, 3.63) is 11.6 Å². The van der Waals surface area contributed by atoms with E-state index in [4.69, 9.17) is 5.11 Å². The minimum Gasteiger partial charge on any atom is -0.480 e. The number of carbonyl (C=O) groups is 2. The van der Waals surface area contributed by atoms with Gasteiger partial charge in [0, 0.05) is 11.2 Å². The van der Waals surface area contributed by atoms with Crippen molar-refractivity contribution in [2.45, 2.75) is 32.2 Å². The van der Waals surface area contributed by atoms with Crippen molar-refractivity contribution < 1.29 is 14.7 Å². The standard InChI is InChI=1S/C11H16N4O3S/c1-11(2,3)10-12-7(13-14-10)8(16)15-5-19-4-6(15)9(17)18/h6H,4-5H2,1-3H3,(H,17,18)(H,12,13,14)/t6-/m0/s1. The molecule has 0 spiro atoms. The maximum absolute atomic E-state index is 12.2. The summed E-state index contributed by atoms with van der Waals surface area (Å²) < 4.78 is 0. The van der Waals surface area contributed by atoms with Gasteiger partial charge >= 0.3 is 5.97 Å². The number of carboxylic acid groups (broad SMARTS) is 1. The van der Waals surface area contributed by atoms with Crippen molar-refractivity contribution >= 4 is 23.6 Å². The number of nitrogens with zero attached hydrogens (tertiary/aromatic N) is 3. The molecule has 2 N–H and O–H groups in total. The fourth-order valence-corrected chi connectivity index (χ4v) is 2.81. The molecule has 7 nitrogen and oxygen atoms in total. The Kier molecular flexibility index (Phi) is 3.53. The second kappa shape index (κ2) is 4.84. The fourth-order valence-electron chi connectivity index (χ4n) is 1.67. The van der Waals surface area contributed by atoms with Crippen LogP contribution in [0.25, 0.3) is 0 Å². The van der Waals surface area contributed by atoms with Crippen molar-refractivity contribution in [1.29, 1.82) is 0 Å². The molecule has 1 atom stereocenters. The van der Waals surface area contributed by atoms with E-state index in [0.717, 1.165) is 0 Å². The number of thioether (sulfide) groups is 1. The van der Waals surface area contributed by atoms with E-state index in [1.807, 2.05) is 20.8 Å². The fraction of sp³-hybridized carbons (Fsp3) is 0.636. The van der Waals surface area contributed by atoms with E-state index in [-0.39, 0.29) is 11.2 Å². The van der Waals surface area contributed by atoms with Crippen molar-refractivity contribution in [1.82, 2.24) is 20.1 Å². The molecule has 0 saturated carbocycles. The molecule has 0 radical (unpaired) electrons. The van der Waals surface area contributed by atoms with Crippen LogP contribution >= 0.6 is 11.8 Å². The largest absolute Gasteiger partial charge is 0.480 e. The first-order valence-electron chi connectivity index (χ1n) is 5.85. The number of hydrogen-bond donors (Lipinski definition) is 2. The number of aromatic amines is 1. The number of carbonyl (C=O) groups excluding carboxylic acids is 1. The van der Waals surface area contributed by atoms with Gasteiger partial charge in [-0.3, -0.25) is 9.89 Å². The number of rotatable bonds is 2. The number of aliphatic carboxylic acids is 1. The van der Waals surface area contributed by atoms with E-state index in [2.05, 4.69) is 15.2 Å². The Morgan fingerprint density at radius 2 is 2.16 bits per heavy atom. The van der Waals surface area contributed by atoms with Crippen molar-refractivity contribution in [2.24, 2.45) is 0 Å². The molecule has 1 amide bonds. The number of carboxylic acids is 1. The molecule has 1 aromatic heterocycles. The summed E-state index contributed by atoms with van der Waals surface area (Å²) in [5, 5.41) is 15.7. The highest BCUT2D eigenvalue weighted by Gasteiger charge is 2.36. The maximum atomic E-state index is 12.2. The van der Waals surface area contributed by atoms with Crippen LogP contribution in [0.1, 0.15) is 37.2 Å². The molecule has 1 fully saturated rings. The van der Waals surface area contributed by atoms with Crippen molar-refractivity contribution in [3.63, 3.8) is 0 Å². The molecule has 0 unspecified atom stereocenters. The average Bonchev–Trinajstić information content (AvgIpc) is 2.96. The molecular weight excluding hydrogens is 268 g/mol. The van der Waals surface area contributed by atoms with E-state index in [0.29, 0.717) is 17.5 Å². The summed E-state index contributed by atoms with van der Waals surface area (Å²) in [5.74, 6) is -0.0466. The first-order chi connectivity index (χ1) is 8.80. The van der Waals surface area contributed by atoms with Gasteiger partial charge in [-0.25, -0.2) is 9.78 Å². The first-order valence-corrected chi connectivity index (χ1v) is 7.00. The average molecular weight is 284 g/mol. The molecule has 0 aliphatic carbocycles. The van der Waals surface area contributed by atoms with Crippen LogP contribution < -0.4 is 0 Å². The highest BCUT2D eigenvalue weighted by molar-refractivity contribution is 7.99. The van der Waals surface area contributed by atoms with Gasteiger partial charge in [-0.1, -0.05) is 20.8 Å². The van der Waals surface area contributed by atoms with Gasteiger partial charge in [0.1, 0.15) is 11.9 Å².